The highest BCUT2D eigenvalue weighted by Gasteiger charge is 2.11. The van der Waals surface area contributed by atoms with Crippen LogP contribution in [-0.4, -0.2) is 17.2 Å². The molecule has 3 heteroatoms. The van der Waals surface area contributed by atoms with E-state index in [1.807, 2.05) is 0 Å². The molecule has 66 valence electrons. The topological polar surface area (TPSA) is 40.5 Å². The molecule has 2 N–H and O–H groups in total. The largest absolute Gasteiger partial charge is 0.488 e. The Bertz CT molecular complexity index is 332. The zero-order valence-corrected chi connectivity index (χ0v) is 7.27. The zero-order chi connectivity index (χ0) is 9.84. The van der Waals surface area contributed by atoms with Crippen molar-refractivity contribution in [1.82, 2.24) is 0 Å². The molecule has 0 fully saturated rings. The van der Waals surface area contributed by atoms with Crippen molar-refractivity contribution in [2.75, 3.05) is 0 Å². The molecule has 1 aromatic rings. The Morgan fingerprint density at radius 3 is 2.15 bits per heavy atom. The zero-order valence-electron chi connectivity index (χ0n) is 7.27. The van der Waals surface area contributed by atoms with Crippen molar-refractivity contribution in [3.8, 4) is 0 Å². The molecular weight excluding hydrogens is 163 g/mol. The van der Waals surface area contributed by atoms with E-state index in [1.54, 1.807) is 30.4 Å². The summed E-state index contributed by atoms with van der Waals surface area (Å²) >= 11 is 0. The van der Waals surface area contributed by atoms with Crippen molar-refractivity contribution in [3.63, 3.8) is 0 Å². The first-order chi connectivity index (χ1) is 6.19. The fourth-order valence-corrected chi connectivity index (χ4v) is 1.12. The first kappa shape index (κ1) is 9.77. The standard InChI is InChI=1S/C10H11BO2/c1-3-8-5-6-10(11(12)13)7-9(8)4-2/h3-7,12-13H,1-2H2. The lowest BCUT2D eigenvalue weighted by atomic mass is 9.79. The van der Waals surface area contributed by atoms with Gasteiger partial charge < -0.3 is 10.0 Å². The molecular formula is C10H11BO2. The van der Waals surface area contributed by atoms with Crippen LogP contribution in [0.5, 0.6) is 0 Å². The third-order valence-electron chi connectivity index (χ3n) is 1.85. The van der Waals surface area contributed by atoms with Gasteiger partial charge in [-0.15, -0.1) is 0 Å². The number of rotatable bonds is 3. The molecule has 0 aliphatic carbocycles. The predicted molar refractivity (Wildman–Crippen MR) is 56.4 cm³/mol. The second-order valence-corrected chi connectivity index (χ2v) is 2.67. The van der Waals surface area contributed by atoms with Crippen molar-refractivity contribution in [1.29, 1.82) is 0 Å². The van der Waals surface area contributed by atoms with Crippen molar-refractivity contribution < 1.29 is 10.0 Å². The van der Waals surface area contributed by atoms with Crippen LogP contribution in [0, 0.1) is 0 Å². The lowest BCUT2D eigenvalue weighted by Crippen LogP contribution is -2.29. The van der Waals surface area contributed by atoms with Crippen LogP contribution >= 0.6 is 0 Å². The molecule has 0 aliphatic heterocycles. The molecule has 0 bridgehead atoms. The summed E-state index contributed by atoms with van der Waals surface area (Å²) in [5.41, 5.74) is 2.24. The summed E-state index contributed by atoms with van der Waals surface area (Å²) in [4.78, 5) is 0. The average molecular weight is 174 g/mol. The van der Waals surface area contributed by atoms with E-state index in [0.717, 1.165) is 11.1 Å². The fourth-order valence-electron chi connectivity index (χ4n) is 1.12. The Morgan fingerprint density at radius 2 is 1.69 bits per heavy atom. The molecule has 0 unspecified atom stereocenters. The minimum Gasteiger partial charge on any atom is -0.423 e. The highest BCUT2D eigenvalue weighted by molar-refractivity contribution is 6.58. The van der Waals surface area contributed by atoms with Gasteiger partial charge in [-0.2, -0.15) is 0 Å². The molecule has 13 heavy (non-hydrogen) atoms. The van der Waals surface area contributed by atoms with Gasteiger partial charge in [-0.1, -0.05) is 43.5 Å². The molecule has 1 aromatic carbocycles. The minimum absolute atomic E-state index is 0.459. The third kappa shape index (κ3) is 2.08. The van der Waals surface area contributed by atoms with Gasteiger partial charge in [0.15, 0.2) is 0 Å². The summed E-state index contributed by atoms with van der Waals surface area (Å²) in [5, 5.41) is 17.8. The quantitative estimate of drug-likeness (QED) is 0.660. The van der Waals surface area contributed by atoms with Gasteiger partial charge in [-0.25, -0.2) is 0 Å². The van der Waals surface area contributed by atoms with E-state index in [4.69, 9.17) is 10.0 Å². The molecule has 2 nitrogen and oxygen atoms in total. The number of hydrogen-bond donors (Lipinski definition) is 2. The molecule has 0 saturated carbocycles. The molecule has 1 rings (SSSR count). The van der Waals surface area contributed by atoms with Crippen molar-refractivity contribution in [2.45, 2.75) is 0 Å². The van der Waals surface area contributed by atoms with E-state index in [9.17, 15) is 0 Å². The molecule has 0 amide bonds. The molecule has 0 saturated heterocycles. The molecule has 0 atom stereocenters. The second-order valence-electron chi connectivity index (χ2n) is 2.67. The van der Waals surface area contributed by atoms with Crippen LogP contribution in [0.15, 0.2) is 31.4 Å². The normalized spacial score (nSPS) is 9.38. The minimum atomic E-state index is -1.43. The number of hydrogen-bond acceptors (Lipinski definition) is 2. The third-order valence-corrected chi connectivity index (χ3v) is 1.85. The highest BCUT2D eigenvalue weighted by Crippen LogP contribution is 2.09. The van der Waals surface area contributed by atoms with Gasteiger partial charge in [0.05, 0.1) is 0 Å². The average Bonchev–Trinajstić information content (AvgIpc) is 2.16. The maximum Gasteiger partial charge on any atom is 0.488 e. The van der Waals surface area contributed by atoms with Crippen molar-refractivity contribution >= 4 is 24.7 Å². The van der Waals surface area contributed by atoms with Gasteiger partial charge in [0.25, 0.3) is 0 Å². The van der Waals surface area contributed by atoms with E-state index in [1.165, 1.54) is 0 Å². The summed E-state index contributed by atoms with van der Waals surface area (Å²) in [6.45, 7) is 7.27. The van der Waals surface area contributed by atoms with E-state index in [-0.39, 0.29) is 0 Å². The summed E-state index contributed by atoms with van der Waals surface area (Å²) in [6.07, 6.45) is 3.35. The van der Waals surface area contributed by atoms with Crippen LogP contribution in [0.25, 0.3) is 12.2 Å². The first-order valence-corrected chi connectivity index (χ1v) is 3.94. The van der Waals surface area contributed by atoms with Crippen molar-refractivity contribution in [3.05, 3.63) is 42.5 Å². The first-order valence-electron chi connectivity index (χ1n) is 3.94. The molecule has 0 aliphatic rings. The predicted octanol–water partition coefficient (Wildman–Crippen LogP) is 0.652. The van der Waals surface area contributed by atoms with Gasteiger partial charge in [0.1, 0.15) is 0 Å². The molecule has 0 aromatic heterocycles. The van der Waals surface area contributed by atoms with Gasteiger partial charge >= 0.3 is 7.12 Å². The molecule has 0 radical (unpaired) electrons. The van der Waals surface area contributed by atoms with Gasteiger partial charge in [-0.05, 0) is 16.6 Å². The summed E-state index contributed by atoms with van der Waals surface area (Å²) in [6, 6.07) is 5.10. The van der Waals surface area contributed by atoms with Crippen LogP contribution in [0.3, 0.4) is 0 Å². The Labute approximate surface area is 78.0 Å². The van der Waals surface area contributed by atoms with Gasteiger partial charge in [-0.3, -0.25) is 0 Å². The number of benzene rings is 1. The SMILES string of the molecule is C=Cc1ccc(B(O)O)cc1C=C. The second kappa shape index (κ2) is 4.07. The van der Waals surface area contributed by atoms with Gasteiger partial charge in [0.2, 0.25) is 0 Å². The maximum absolute atomic E-state index is 8.90. The Balaban J connectivity index is 3.20. The Kier molecular flexibility index (Phi) is 3.06. The van der Waals surface area contributed by atoms with E-state index >= 15 is 0 Å². The maximum atomic E-state index is 8.90. The lowest BCUT2D eigenvalue weighted by Gasteiger charge is -2.04. The smallest absolute Gasteiger partial charge is 0.423 e. The Morgan fingerprint density at radius 1 is 1.08 bits per heavy atom. The van der Waals surface area contributed by atoms with E-state index < -0.39 is 7.12 Å². The molecule has 0 heterocycles. The van der Waals surface area contributed by atoms with Crippen molar-refractivity contribution in [2.24, 2.45) is 0 Å². The van der Waals surface area contributed by atoms with Crippen LogP contribution in [0.4, 0.5) is 0 Å². The van der Waals surface area contributed by atoms with Crippen LogP contribution in [0.1, 0.15) is 11.1 Å². The Hall–Kier alpha value is -1.32. The highest BCUT2D eigenvalue weighted by atomic mass is 16.4. The summed E-state index contributed by atoms with van der Waals surface area (Å²) < 4.78 is 0. The monoisotopic (exact) mass is 174 g/mol. The van der Waals surface area contributed by atoms with E-state index in [2.05, 4.69) is 13.2 Å². The fraction of sp³-hybridized carbons (Fsp3) is 0. The molecule has 0 spiro atoms. The summed E-state index contributed by atoms with van der Waals surface area (Å²) in [7, 11) is -1.43. The van der Waals surface area contributed by atoms with Crippen LogP contribution in [0.2, 0.25) is 0 Å². The van der Waals surface area contributed by atoms with Crippen LogP contribution < -0.4 is 5.46 Å². The summed E-state index contributed by atoms with van der Waals surface area (Å²) in [5.74, 6) is 0. The van der Waals surface area contributed by atoms with Gasteiger partial charge in [0, 0.05) is 0 Å². The van der Waals surface area contributed by atoms with Crippen LogP contribution in [-0.2, 0) is 0 Å². The van der Waals surface area contributed by atoms with E-state index in [0.29, 0.717) is 5.46 Å². The lowest BCUT2D eigenvalue weighted by molar-refractivity contribution is 0.426.